The van der Waals surface area contributed by atoms with E-state index in [-0.39, 0.29) is 17.2 Å². The average molecular weight is 320 g/mol. The minimum Gasteiger partial charge on any atom is -0.507 e. The normalized spacial score (nSPS) is 10.2. The molecule has 3 nitrogen and oxygen atoms in total. The van der Waals surface area contributed by atoms with E-state index < -0.39 is 0 Å². The first kappa shape index (κ1) is 13.6. The van der Waals surface area contributed by atoms with E-state index in [9.17, 15) is 9.90 Å². The maximum absolute atomic E-state index is 12.1. The summed E-state index contributed by atoms with van der Waals surface area (Å²) in [6, 6.07) is 12.5. The summed E-state index contributed by atoms with van der Waals surface area (Å²) in [5.74, 6) is -0.326. The van der Waals surface area contributed by atoms with Gasteiger partial charge < -0.3 is 10.4 Å². The standard InChI is InChI=1S/C15H14BrNO2/c1-10-2-7-14(18)13(8-10)15(19)17-12-5-3-11(9-16)4-6-12/h2-8,18H,9H2,1H3,(H,17,19). The fraction of sp³-hybridized carbons (Fsp3) is 0.133. The van der Waals surface area contributed by atoms with Crippen LogP contribution < -0.4 is 5.32 Å². The van der Waals surface area contributed by atoms with Crippen molar-refractivity contribution in [2.45, 2.75) is 12.3 Å². The number of halogens is 1. The van der Waals surface area contributed by atoms with Gasteiger partial charge in [-0.1, -0.05) is 39.7 Å². The molecule has 2 aromatic carbocycles. The van der Waals surface area contributed by atoms with Crippen LogP contribution in [0.5, 0.6) is 5.75 Å². The summed E-state index contributed by atoms with van der Waals surface area (Å²) < 4.78 is 0. The van der Waals surface area contributed by atoms with E-state index in [4.69, 9.17) is 0 Å². The molecule has 0 heterocycles. The number of carbonyl (C=O) groups is 1. The number of nitrogens with one attached hydrogen (secondary N) is 1. The van der Waals surface area contributed by atoms with Gasteiger partial charge in [-0.25, -0.2) is 0 Å². The van der Waals surface area contributed by atoms with Crippen molar-refractivity contribution in [3.05, 3.63) is 59.2 Å². The monoisotopic (exact) mass is 319 g/mol. The lowest BCUT2D eigenvalue weighted by Crippen LogP contribution is -2.12. The summed E-state index contributed by atoms with van der Waals surface area (Å²) in [7, 11) is 0. The Morgan fingerprint density at radius 1 is 1.21 bits per heavy atom. The fourth-order valence-electron chi connectivity index (χ4n) is 1.71. The molecule has 0 aliphatic rings. The fourth-order valence-corrected chi connectivity index (χ4v) is 2.08. The van der Waals surface area contributed by atoms with Crippen LogP contribution in [-0.4, -0.2) is 11.0 Å². The number of phenolic OH excluding ortho intramolecular Hbond substituents is 1. The number of hydrogen-bond acceptors (Lipinski definition) is 2. The lowest BCUT2D eigenvalue weighted by atomic mass is 10.1. The number of hydrogen-bond donors (Lipinski definition) is 2. The van der Waals surface area contributed by atoms with Crippen molar-refractivity contribution in [3.63, 3.8) is 0 Å². The number of anilines is 1. The molecule has 0 fully saturated rings. The van der Waals surface area contributed by atoms with Gasteiger partial charge in [-0.05, 0) is 36.8 Å². The molecule has 0 bridgehead atoms. The van der Waals surface area contributed by atoms with Crippen LogP contribution in [0.1, 0.15) is 21.5 Å². The molecule has 0 saturated heterocycles. The van der Waals surface area contributed by atoms with Gasteiger partial charge in [-0.3, -0.25) is 4.79 Å². The molecular weight excluding hydrogens is 306 g/mol. The molecular formula is C15H14BrNO2. The lowest BCUT2D eigenvalue weighted by molar-refractivity contribution is 0.102. The van der Waals surface area contributed by atoms with Crippen LogP contribution in [0.25, 0.3) is 0 Å². The smallest absolute Gasteiger partial charge is 0.259 e. The van der Waals surface area contributed by atoms with Gasteiger partial charge in [0.15, 0.2) is 0 Å². The first-order chi connectivity index (χ1) is 9.10. The van der Waals surface area contributed by atoms with Crippen molar-refractivity contribution < 1.29 is 9.90 Å². The van der Waals surface area contributed by atoms with E-state index in [0.29, 0.717) is 5.69 Å². The second-order valence-corrected chi connectivity index (χ2v) is 4.87. The van der Waals surface area contributed by atoms with E-state index in [1.165, 1.54) is 6.07 Å². The van der Waals surface area contributed by atoms with Crippen LogP contribution in [0, 0.1) is 6.92 Å². The second kappa shape index (κ2) is 5.89. The number of amides is 1. The summed E-state index contributed by atoms with van der Waals surface area (Å²) in [6.07, 6.45) is 0. The van der Waals surface area contributed by atoms with Crippen molar-refractivity contribution in [3.8, 4) is 5.75 Å². The zero-order valence-electron chi connectivity index (χ0n) is 10.5. The Kier molecular flexibility index (Phi) is 4.22. The molecule has 1 amide bonds. The van der Waals surface area contributed by atoms with Crippen molar-refractivity contribution in [2.75, 3.05) is 5.32 Å². The molecule has 2 N–H and O–H groups in total. The van der Waals surface area contributed by atoms with E-state index in [1.807, 2.05) is 31.2 Å². The predicted molar refractivity (Wildman–Crippen MR) is 79.9 cm³/mol. The van der Waals surface area contributed by atoms with E-state index in [2.05, 4.69) is 21.2 Å². The van der Waals surface area contributed by atoms with E-state index in [0.717, 1.165) is 16.5 Å². The van der Waals surface area contributed by atoms with Crippen LogP contribution >= 0.6 is 15.9 Å². The molecule has 0 atom stereocenters. The highest BCUT2D eigenvalue weighted by Crippen LogP contribution is 2.20. The maximum Gasteiger partial charge on any atom is 0.259 e. The zero-order valence-corrected chi connectivity index (χ0v) is 12.1. The topological polar surface area (TPSA) is 49.3 Å². The molecule has 0 aromatic heterocycles. The van der Waals surface area contributed by atoms with E-state index >= 15 is 0 Å². The number of aryl methyl sites for hydroxylation is 1. The van der Waals surface area contributed by atoms with Crippen LogP contribution in [0.3, 0.4) is 0 Å². The molecule has 2 aromatic rings. The van der Waals surface area contributed by atoms with Crippen molar-refractivity contribution >= 4 is 27.5 Å². The Morgan fingerprint density at radius 2 is 1.89 bits per heavy atom. The molecule has 0 saturated carbocycles. The lowest BCUT2D eigenvalue weighted by Gasteiger charge is -2.08. The number of rotatable bonds is 3. The van der Waals surface area contributed by atoms with Gasteiger partial charge in [0.25, 0.3) is 5.91 Å². The molecule has 19 heavy (non-hydrogen) atoms. The molecule has 0 radical (unpaired) electrons. The van der Waals surface area contributed by atoms with E-state index in [1.54, 1.807) is 12.1 Å². The highest BCUT2D eigenvalue weighted by molar-refractivity contribution is 9.08. The molecule has 0 spiro atoms. The number of benzene rings is 2. The van der Waals surface area contributed by atoms with Gasteiger partial charge in [-0.2, -0.15) is 0 Å². The Hall–Kier alpha value is -1.81. The van der Waals surface area contributed by atoms with Crippen LogP contribution in [0.4, 0.5) is 5.69 Å². The third-order valence-electron chi connectivity index (χ3n) is 2.76. The van der Waals surface area contributed by atoms with Gasteiger partial charge in [0, 0.05) is 11.0 Å². The summed E-state index contributed by atoms with van der Waals surface area (Å²) in [6.45, 7) is 1.88. The molecule has 98 valence electrons. The summed E-state index contributed by atoms with van der Waals surface area (Å²) in [5.41, 5.74) is 3.05. The van der Waals surface area contributed by atoms with Gasteiger partial charge in [-0.15, -0.1) is 0 Å². The SMILES string of the molecule is Cc1ccc(O)c(C(=O)Nc2ccc(CBr)cc2)c1. The number of phenols is 1. The van der Waals surface area contributed by atoms with Crippen LogP contribution in [0.15, 0.2) is 42.5 Å². The quantitative estimate of drug-likeness (QED) is 0.844. The number of aromatic hydroxyl groups is 1. The number of carbonyl (C=O) groups excluding carboxylic acids is 1. The molecule has 0 unspecified atom stereocenters. The predicted octanol–water partition coefficient (Wildman–Crippen LogP) is 3.85. The first-order valence-electron chi connectivity index (χ1n) is 5.86. The van der Waals surface area contributed by atoms with Crippen molar-refractivity contribution in [2.24, 2.45) is 0 Å². The van der Waals surface area contributed by atoms with Crippen LogP contribution in [-0.2, 0) is 5.33 Å². The van der Waals surface area contributed by atoms with Gasteiger partial charge in [0.1, 0.15) is 5.75 Å². The van der Waals surface area contributed by atoms with Crippen LogP contribution in [0.2, 0.25) is 0 Å². The summed E-state index contributed by atoms with van der Waals surface area (Å²) in [5, 5.41) is 13.2. The Morgan fingerprint density at radius 3 is 2.53 bits per heavy atom. The van der Waals surface area contributed by atoms with Gasteiger partial charge >= 0.3 is 0 Å². The maximum atomic E-state index is 12.1. The third kappa shape index (κ3) is 3.35. The Bertz CT molecular complexity index is 594. The third-order valence-corrected chi connectivity index (χ3v) is 3.41. The first-order valence-corrected chi connectivity index (χ1v) is 6.98. The van der Waals surface area contributed by atoms with Gasteiger partial charge in [0.2, 0.25) is 0 Å². The Balaban J connectivity index is 2.18. The number of alkyl halides is 1. The second-order valence-electron chi connectivity index (χ2n) is 4.31. The zero-order chi connectivity index (χ0) is 13.8. The molecule has 4 heteroatoms. The summed E-state index contributed by atoms with van der Waals surface area (Å²) >= 11 is 3.37. The minimum atomic E-state index is -0.312. The minimum absolute atomic E-state index is 0.0137. The molecule has 0 aliphatic heterocycles. The Labute approximate surface area is 120 Å². The van der Waals surface area contributed by atoms with Gasteiger partial charge in [0.05, 0.1) is 5.56 Å². The largest absolute Gasteiger partial charge is 0.507 e. The summed E-state index contributed by atoms with van der Waals surface area (Å²) in [4.78, 5) is 12.1. The van der Waals surface area contributed by atoms with Crippen molar-refractivity contribution in [1.29, 1.82) is 0 Å². The highest BCUT2D eigenvalue weighted by atomic mass is 79.9. The van der Waals surface area contributed by atoms with Crippen molar-refractivity contribution in [1.82, 2.24) is 0 Å². The highest BCUT2D eigenvalue weighted by Gasteiger charge is 2.11. The molecule has 0 aliphatic carbocycles. The molecule has 2 rings (SSSR count). The average Bonchev–Trinajstić information content (AvgIpc) is 2.42.